The quantitative estimate of drug-likeness (QED) is 0.469. The molecule has 0 bridgehead atoms. The van der Waals surface area contributed by atoms with E-state index in [1.54, 1.807) is 11.2 Å². The van der Waals surface area contributed by atoms with Gasteiger partial charge in [0, 0.05) is 25.2 Å². The van der Waals surface area contributed by atoms with Gasteiger partial charge in [-0.05, 0) is 19.1 Å². The number of ketones is 1. The van der Waals surface area contributed by atoms with E-state index >= 15 is 0 Å². The van der Waals surface area contributed by atoms with E-state index in [1.165, 1.54) is 0 Å². The Labute approximate surface area is 119 Å². The van der Waals surface area contributed by atoms with E-state index in [9.17, 15) is 4.79 Å². The Balaban J connectivity index is 1.93. The van der Waals surface area contributed by atoms with Crippen LogP contribution in [0, 0.1) is 6.92 Å². The van der Waals surface area contributed by atoms with Crippen LogP contribution in [-0.4, -0.2) is 19.0 Å². The van der Waals surface area contributed by atoms with Crippen molar-refractivity contribution in [2.24, 2.45) is 5.10 Å². The van der Waals surface area contributed by atoms with E-state index in [0.717, 1.165) is 16.8 Å². The Morgan fingerprint density at radius 3 is 2.40 bits per heavy atom. The minimum atomic E-state index is 0.0789. The van der Waals surface area contributed by atoms with Crippen molar-refractivity contribution in [1.29, 1.82) is 0 Å². The first kappa shape index (κ1) is 14.0. The fourth-order valence-corrected chi connectivity index (χ4v) is 1.81. The molecule has 0 atom stereocenters. The third-order valence-corrected chi connectivity index (χ3v) is 3.03. The van der Waals surface area contributed by atoms with Gasteiger partial charge >= 0.3 is 0 Å². The zero-order valence-electron chi connectivity index (χ0n) is 11.8. The molecule has 0 aliphatic carbocycles. The monoisotopic (exact) mass is 266 g/mol. The molecule has 0 N–H and O–H groups in total. The summed E-state index contributed by atoms with van der Waals surface area (Å²) >= 11 is 0. The SMILES string of the molecule is Cc1ccc(C(=O)C/C=N/N(C)c2ccccc2)cc1. The molecule has 0 aliphatic heterocycles. The van der Waals surface area contributed by atoms with Crippen LogP contribution in [0.25, 0.3) is 0 Å². The van der Waals surface area contributed by atoms with Crippen LogP contribution in [0.5, 0.6) is 0 Å². The number of anilines is 1. The highest BCUT2D eigenvalue weighted by Gasteiger charge is 2.03. The zero-order chi connectivity index (χ0) is 14.4. The molecule has 2 aromatic carbocycles. The molecular formula is C17H18N2O. The molecule has 0 heterocycles. The van der Waals surface area contributed by atoms with Crippen molar-refractivity contribution in [2.45, 2.75) is 13.3 Å². The lowest BCUT2D eigenvalue weighted by molar-refractivity contribution is 0.100. The normalized spacial score (nSPS) is 10.7. The molecule has 0 aliphatic rings. The van der Waals surface area contributed by atoms with Crippen LogP contribution >= 0.6 is 0 Å². The average Bonchev–Trinajstić information content (AvgIpc) is 2.48. The van der Waals surface area contributed by atoms with Gasteiger partial charge in [-0.1, -0.05) is 48.0 Å². The molecule has 20 heavy (non-hydrogen) atoms. The average molecular weight is 266 g/mol. The number of carbonyl (C=O) groups excluding carboxylic acids is 1. The number of aryl methyl sites for hydroxylation is 1. The zero-order valence-corrected chi connectivity index (χ0v) is 11.8. The van der Waals surface area contributed by atoms with Gasteiger partial charge in [0.1, 0.15) is 0 Å². The molecular weight excluding hydrogens is 248 g/mol. The van der Waals surface area contributed by atoms with Gasteiger partial charge in [-0.3, -0.25) is 9.80 Å². The molecule has 102 valence electrons. The maximum absolute atomic E-state index is 12.0. The summed E-state index contributed by atoms with van der Waals surface area (Å²) in [5.41, 5.74) is 2.87. The second kappa shape index (κ2) is 6.66. The van der Waals surface area contributed by atoms with Gasteiger partial charge in [0.05, 0.1) is 5.69 Å². The first-order valence-corrected chi connectivity index (χ1v) is 6.58. The fraction of sp³-hybridized carbons (Fsp3) is 0.176. The Kier molecular flexibility index (Phi) is 4.66. The van der Waals surface area contributed by atoms with Gasteiger partial charge in [-0.15, -0.1) is 0 Å². The van der Waals surface area contributed by atoms with E-state index in [2.05, 4.69) is 5.10 Å². The van der Waals surface area contributed by atoms with Gasteiger partial charge in [-0.25, -0.2) is 0 Å². The number of para-hydroxylation sites is 1. The second-order valence-electron chi connectivity index (χ2n) is 4.65. The second-order valence-corrected chi connectivity index (χ2v) is 4.65. The lowest BCUT2D eigenvalue weighted by Gasteiger charge is -2.11. The Morgan fingerprint density at radius 1 is 1.10 bits per heavy atom. The van der Waals surface area contributed by atoms with Crippen LogP contribution in [0.1, 0.15) is 22.3 Å². The molecule has 0 amide bonds. The summed E-state index contributed by atoms with van der Waals surface area (Å²) in [6, 6.07) is 17.4. The van der Waals surface area contributed by atoms with E-state index in [1.807, 2.05) is 68.6 Å². The van der Waals surface area contributed by atoms with Crippen molar-refractivity contribution >= 4 is 17.7 Å². The predicted octanol–water partition coefficient (Wildman–Crippen LogP) is 3.69. The molecule has 3 nitrogen and oxygen atoms in total. The summed E-state index contributed by atoms with van der Waals surface area (Å²) in [5, 5.41) is 6.02. The van der Waals surface area contributed by atoms with Crippen LogP contribution in [0.3, 0.4) is 0 Å². The molecule has 2 rings (SSSR count). The summed E-state index contributed by atoms with van der Waals surface area (Å²) in [6.07, 6.45) is 1.95. The lowest BCUT2D eigenvalue weighted by Crippen LogP contribution is -2.09. The summed E-state index contributed by atoms with van der Waals surface area (Å²) in [5.74, 6) is 0.0789. The summed E-state index contributed by atoms with van der Waals surface area (Å²) in [4.78, 5) is 12.0. The van der Waals surface area contributed by atoms with Crippen LogP contribution in [0.2, 0.25) is 0 Å². The van der Waals surface area contributed by atoms with E-state index in [-0.39, 0.29) is 5.78 Å². The third kappa shape index (κ3) is 3.79. The van der Waals surface area contributed by atoms with E-state index < -0.39 is 0 Å². The smallest absolute Gasteiger partial charge is 0.168 e. The standard InChI is InChI=1S/C17H18N2O/c1-14-8-10-15(11-9-14)17(20)12-13-18-19(2)16-6-4-3-5-7-16/h3-11,13H,12H2,1-2H3/b18-13+. The summed E-state index contributed by atoms with van der Waals surface area (Å²) < 4.78 is 0. The first-order chi connectivity index (χ1) is 9.66. The van der Waals surface area contributed by atoms with Crippen molar-refractivity contribution in [1.82, 2.24) is 0 Å². The van der Waals surface area contributed by atoms with Crippen LogP contribution in [-0.2, 0) is 0 Å². The summed E-state index contributed by atoms with van der Waals surface area (Å²) in [7, 11) is 1.86. The number of carbonyl (C=O) groups is 1. The van der Waals surface area contributed by atoms with Crippen LogP contribution < -0.4 is 5.01 Å². The van der Waals surface area contributed by atoms with Gasteiger partial charge in [-0.2, -0.15) is 5.10 Å². The minimum Gasteiger partial charge on any atom is -0.294 e. The minimum absolute atomic E-state index is 0.0789. The Bertz CT molecular complexity index is 588. The van der Waals surface area contributed by atoms with Gasteiger partial charge in [0.25, 0.3) is 0 Å². The highest BCUT2D eigenvalue weighted by Crippen LogP contribution is 2.11. The number of benzene rings is 2. The van der Waals surface area contributed by atoms with Crippen molar-refractivity contribution in [3.8, 4) is 0 Å². The maximum atomic E-state index is 12.0. The largest absolute Gasteiger partial charge is 0.294 e. The lowest BCUT2D eigenvalue weighted by atomic mass is 10.1. The number of Topliss-reactive ketones (excluding diaryl/α,β-unsaturated/α-hetero) is 1. The highest BCUT2D eigenvalue weighted by molar-refractivity contribution is 6.03. The van der Waals surface area contributed by atoms with Crippen molar-refractivity contribution in [3.63, 3.8) is 0 Å². The molecule has 0 aromatic heterocycles. The van der Waals surface area contributed by atoms with Crippen molar-refractivity contribution < 1.29 is 4.79 Å². The molecule has 0 unspecified atom stereocenters. The maximum Gasteiger partial charge on any atom is 0.168 e. The van der Waals surface area contributed by atoms with Gasteiger partial charge < -0.3 is 0 Å². The molecule has 0 saturated carbocycles. The highest BCUT2D eigenvalue weighted by atomic mass is 16.1. The van der Waals surface area contributed by atoms with E-state index in [4.69, 9.17) is 0 Å². The number of nitrogens with zero attached hydrogens (tertiary/aromatic N) is 2. The molecule has 0 fully saturated rings. The predicted molar refractivity (Wildman–Crippen MR) is 83.5 cm³/mol. The van der Waals surface area contributed by atoms with Gasteiger partial charge in [0.15, 0.2) is 5.78 Å². The molecule has 3 heteroatoms. The number of hydrogen-bond donors (Lipinski definition) is 0. The number of hydrazone groups is 1. The number of rotatable bonds is 5. The van der Waals surface area contributed by atoms with Crippen molar-refractivity contribution in [2.75, 3.05) is 12.1 Å². The molecule has 0 radical (unpaired) electrons. The van der Waals surface area contributed by atoms with Crippen LogP contribution in [0.15, 0.2) is 59.7 Å². The van der Waals surface area contributed by atoms with Gasteiger partial charge in [0.2, 0.25) is 0 Å². The first-order valence-electron chi connectivity index (χ1n) is 6.58. The molecule has 2 aromatic rings. The van der Waals surface area contributed by atoms with Crippen molar-refractivity contribution in [3.05, 3.63) is 65.7 Å². The molecule has 0 spiro atoms. The van der Waals surface area contributed by atoms with Crippen LogP contribution in [0.4, 0.5) is 5.69 Å². The third-order valence-electron chi connectivity index (χ3n) is 3.03. The Morgan fingerprint density at radius 2 is 1.75 bits per heavy atom. The number of hydrogen-bond acceptors (Lipinski definition) is 3. The fourth-order valence-electron chi connectivity index (χ4n) is 1.81. The summed E-state index contributed by atoms with van der Waals surface area (Å²) in [6.45, 7) is 2.00. The van der Waals surface area contributed by atoms with E-state index in [0.29, 0.717) is 6.42 Å². The Hall–Kier alpha value is -2.42. The molecule has 0 saturated heterocycles. The topological polar surface area (TPSA) is 32.7 Å².